The van der Waals surface area contributed by atoms with Crippen LogP contribution in [0.2, 0.25) is 0 Å². The van der Waals surface area contributed by atoms with Crippen molar-refractivity contribution in [1.82, 2.24) is 9.88 Å². The first-order valence-corrected chi connectivity index (χ1v) is 11.3. The lowest BCUT2D eigenvalue weighted by atomic mass is 9.85. The maximum absolute atomic E-state index is 12.4. The molecule has 2 aliphatic heterocycles. The zero-order valence-corrected chi connectivity index (χ0v) is 16.5. The van der Waals surface area contributed by atoms with E-state index in [9.17, 15) is 4.79 Å². The van der Waals surface area contributed by atoms with Gasteiger partial charge in [-0.25, -0.2) is 4.98 Å². The lowest BCUT2D eigenvalue weighted by molar-refractivity contribution is 0.0693. The number of amides is 1. The van der Waals surface area contributed by atoms with E-state index in [1.807, 2.05) is 35.8 Å². The summed E-state index contributed by atoms with van der Waals surface area (Å²) in [6.07, 6.45) is 8.51. The number of thiophene rings is 1. The number of piperidine rings is 2. The zero-order chi connectivity index (χ0) is 17.8. The maximum Gasteiger partial charge on any atom is 0.265 e. The Kier molecular flexibility index (Phi) is 5.92. The van der Waals surface area contributed by atoms with Crippen molar-refractivity contribution in [2.45, 2.75) is 43.2 Å². The number of aromatic nitrogens is 1. The fourth-order valence-corrected chi connectivity index (χ4v) is 5.94. The predicted octanol–water partition coefficient (Wildman–Crippen LogP) is 4.75. The van der Waals surface area contributed by atoms with E-state index in [0.29, 0.717) is 0 Å². The van der Waals surface area contributed by atoms with Crippen LogP contribution < -0.4 is 5.32 Å². The Morgan fingerprint density at radius 1 is 1.23 bits per heavy atom. The SMILES string of the molecule is O=C(Nc1cccnc1SCC1CCCN2CCCCC12)c1cccs1. The van der Waals surface area contributed by atoms with E-state index < -0.39 is 0 Å². The summed E-state index contributed by atoms with van der Waals surface area (Å²) in [6.45, 7) is 2.55. The van der Waals surface area contributed by atoms with Crippen molar-refractivity contribution in [3.63, 3.8) is 0 Å². The molecule has 6 heteroatoms. The quantitative estimate of drug-likeness (QED) is 0.752. The minimum Gasteiger partial charge on any atom is -0.319 e. The number of hydrogen-bond acceptors (Lipinski definition) is 5. The minimum absolute atomic E-state index is 0.0500. The summed E-state index contributed by atoms with van der Waals surface area (Å²) in [5, 5.41) is 5.89. The molecule has 4 heterocycles. The summed E-state index contributed by atoms with van der Waals surface area (Å²) < 4.78 is 0. The Hall–Kier alpha value is -1.37. The van der Waals surface area contributed by atoms with E-state index in [4.69, 9.17) is 0 Å². The summed E-state index contributed by atoms with van der Waals surface area (Å²) in [5.74, 6) is 1.77. The smallest absolute Gasteiger partial charge is 0.265 e. The second-order valence-electron chi connectivity index (χ2n) is 7.10. The highest BCUT2D eigenvalue weighted by atomic mass is 32.2. The van der Waals surface area contributed by atoms with Gasteiger partial charge < -0.3 is 10.2 Å². The molecule has 1 N–H and O–H groups in total. The Morgan fingerprint density at radius 3 is 3.04 bits per heavy atom. The van der Waals surface area contributed by atoms with Crippen LogP contribution in [0.5, 0.6) is 0 Å². The van der Waals surface area contributed by atoms with E-state index in [2.05, 4.69) is 15.2 Å². The third-order valence-corrected chi connectivity index (χ3v) is 7.49. The maximum atomic E-state index is 12.4. The fourth-order valence-electron chi connectivity index (χ4n) is 4.15. The van der Waals surface area contributed by atoms with Gasteiger partial charge in [0.25, 0.3) is 5.91 Å². The lowest BCUT2D eigenvalue weighted by Crippen LogP contribution is -2.48. The van der Waals surface area contributed by atoms with Crippen LogP contribution in [0.25, 0.3) is 0 Å². The average Bonchev–Trinajstić information content (AvgIpc) is 3.22. The highest BCUT2D eigenvalue weighted by molar-refractivity contribution is 7.99. The summed E-state index contributed by atoms with van der Waals surface area (Å²) in [6, 6.07) is 8.34. The van der Waals surface area contributed by atoms with Gasteiger partial charge >= 0.3 is 0 Å². The van der Waals surface area contributed by atoms with Gasteiger partial charge in [0.1, 0.15) is 5.03 Å². The van der Waals surface area contributed by atoms with Crippen molar-refractivity contribution in [1.29, 1.82) is 0 Å². The van der Waals surface area contributed by atoms with Crippen LogP contribution in [-0.4, -0.2) is 40.7 Å². The highest BCUT2D eigenvalue weighted by Gasteiger charge is 2.33. The predicted molar refractivity (Wildman–Crippen MR) is 109 cm³/mol. The van der Waals surface area contributed by atoms with Gasteiger partial charge in [-0.1, -0.05) is 12.5 Å². The molecule has 0 bridgehead atoms. The molecular weight excluding hydrogens is 362 g/mol. The number of nitrogens with zero attached hydrogens (tertiary/aromatic N) is 2. The van der Waals surface area contributed by atoms with Crippen molar-refractivity contribution < 1.29 is 4.79 Å². The van der Waals surface area contributed by atoms with Gasteiger partial charge in [-0.15, -0.1) is 23.1 Å². The molecule has 2 atom stereocenters. The van der Waals surface area contributed by atoms with Crippen molar-refractivity contribution >= 4 is 34.7 Å². The van der Waals surface area contributed by atoms with Gasteiger partial charge in [0, 0.05) is 18.0 Å². The molecule has 2 aliphatic rings. The van der Waals surface area contributed by atoms with E-state index >= 15 is 0 Å². The summed E-state index contributed by atoms with van der Waals surface area (Å²) in [7, 11) is 0. The van der Waals surface area contributed by atoms with Crippen LogP contribution in [0.1, 0.15) is 41.8 Å². The molecular formula is C20H25N3OS2. The van der Waals surface area contributed by atoms with Gasteiger partial charge in [0.15, 0.2) is 0 Å². The molecule has 138 valence electrons. The van der Waals surface area contributed by atoms with Crippen molar-refractivity contribution in [2.75, 3.05) is 24.2 Å². The Balaban J connectivity index is 1.41. The molecule has 4 rings (SSSR count). The molecule has 1 amide bonds. The van der Waals surface area contributed by atoms with Gasteiger partial charge in [0.05, 0.1) is 10.6 Å². The molecule has 2 aromatic heterocycles. The molecule has 2 fully saturated rings. The van der Waals surface area contributed by atoms with Crippen molar-refractivity contribution in [3.05, 3.63) is 40.7 Å². The number of carbonyl (C=O) groups is 1. The lowest BCUT2D eigenvalue weighted by Gasteiger charge is -2.44. The van der Waals surface area contributed by atoms with Gasteiger partial charge in [-0.3, -0.25) is 4.79 Å². The molecule has 0 aliphatic carbocycles. The van der Waals surface area contributed by atoms with Crippen LogP contribution in [0.3, 0.4) is 0 Å². The van der Waals surface area contributed by atoms with Crippen LogP contribution in [0.15, 0.2) is 40.9 Å². The molecule has 2 aromatic rings. The monoisotopic (exact) mass is 387 g/mol. The number of hydrogen-bond donors (Lipinski definition) is 1. The molecule has 0 saturated carbocycles. The van der Waals surface area contributed by atoms with E-state index in [1.165, 1.54) is 56.5 Å². The number of fused-ring (bicyclic) bond motifs is 1. The van der Waals surface area contributed by atoms with Crippen LogP contribution in [0.4, 0.5) is 5.69 Å². The third-order valence-electron chi connectivity index (χ3n) is 5.43. The van der Waals surface area contributed by atoms with E-state index in [1.54, 1.807) is 11.8 Å². The van der Waals surface area contributed by atoms with E-state index in [0.717, 1.165) is 33.3 Å². The number of nitrogens with one attached hydrogen (secondary N) is 1. The number of carbonyl (C=O) groups excluding carboxylic acids is 1. The zero-order valence-electron chi connectivity index (χ0n) is 14.9. The largest absolute Gasteiger partial charge is 0.319 e. The topological polar surface area (TPSA) is 45.2 Å². The number of rotatable bonds is 5. The Labute approximate surface area is 163 Å². The van der Waals surface area contributed by atoms with Crippen molar-refractivity contribution in [3.8, 4) is 0 Å². The third kappa shape index (κ3) is 4.13. The van der Waals surface area contributed by atoms with Gasteiger partial charge in [-0.2, -0.15) is 0 Å². The summed E-state index contributed by atoms with van der Waals surface area (Å²) in [4.78, 5) is 20.4. The van der Waals surface area contributed by atoms with Crippen molar-refractivity contribution in [2.24, 2.45) is 5.92 Å². The van der Waals surface area contributed by atoms with Gasteiger partial charge in [0.2, 0.25) is 0 Å². The fraction of sp³-hybridized carbons (Fsp3) is 0.500. The standard InChI is InChI=1S/C20H25N3OS2/c24-19(18-9-5-13-25-18)22-16-7-3-10-21-20(16)26-14-15-6-4-12-23-11-2-1-8-17(15)23/h3,5,7,9-10,13,15,17H,1-2,4,6,8,11-12,14H2,(H,22,24). The highest BCUT2D eigenvalue weighted by Crippen LogP contribution is 2.35. The van der Waals surface area contributed by atoms with Crippen LogP contribution in [-0.2, 0) is 0 Å². The Bertz CT molecular complexity index is 732. The second kappa shape index (κ2) is 8.55. The minimum atomic E-state index is -0.0500. The normalized spacial score (nSPS) is 23.4. The molecule has 26 heavy (non-hydrogen) atoms. The molecule has 2 unspecified atom stereocenters. The first kappa shape index (κ1) is 18.0. The summed E-state index contributed by atoms with van der Waals surface area (Å²) in [5.41, 5.74) is 0.826. The number of anilines is 1. The van der Waals surface area contributed by atoms with Crippen LogP contribution in [0, 0.1) is 5.92 Å². The molecule has 0 aromatic carbocycles. The van der Waals surface area contributed by atoms with Gasteiger partial charge in [-0.05, 0) is 68.3 Å². The first-order valence-electron chi connectivity index (χ1n) is 9.48. The number of thioether (sulfide) groups is 1. The first-order chi connectivity index (χ1) is 12.8. The average molecular weight is 388 g/mol. The second-order valence-corrected chi connectivity index (χ2v) is 9.06. The summed E-state index contributed by atoms with van der Waals surface area (Å²) >= 11 is 3.26. The van der Waals surface area contributed by atoms with Crippen LogP contribution >= 0.6 is 23.1 Å². The number of pyridine rings is 1. The molecule has 4 nitrogen and oxygen atoms in total. The van der Waals surface area contributed by atoms with E-state index in [-0.39, 0.29) is 5.91 Å². The Morgan fingerprint density at radius 2 is 2.15 bits per heavy atom. The molecule has 2 saturated heterocycles. The molecule has 0 radical (unpaired) electrons. The molecule has 0 spiro atoms.